The van der Waals surface area contributed by atoms with Gasteiger partial charge in [0.05, 0.1) is 18.8 Å². The summed E-state index contributed by atoms with van der Waals surface area (Å²) in [6, 6.07) is -1.61. The van der Waals surface area contributed by atoms with E-state index in [1.807, 2.05) is 0 Å². The maximum absolute atomic E-state index is 12.2. The molecule has 4 rings (SSSR count). The second-order valence-electron chi connectivity index (χ2n) is 11.9. The van der Waals surface area contributed by atoms with Crippen LogP contribution < -0.4 is 5.32 Å². The van der Waals surface area contributed by atoms with Crippen molar-refractivity contribution in [2.45, 2.75) is 144 Å². The molecule has 4 fully saturated rings. The second kappa shape index (κ2) is 15.4. The van der Waals surface area contributed by atoms with E-state index < -0.39 is 141 Å². The summed E-state index contributed by atoms with van der Waals surface area (Å²) in [4.78, 5) is 24.4. The van der Waals surface area contributed by atoms with Crippen LogP contribution in [0.1, 0.15) is 20.8 Å². The zero-order valence-electron chi connectivity index (χ0n) is 25.3. The Bertz CT molecular complexity index is 1070. The fraction of sp³-hybridized carbons (Fsp3) is 0.923. The Morgan fingerprint density at radius 2 is 1.13 bits per heavy atom. The molecule has 4 heterocycles. The van der Waals surface area contributed by atoms with Crippen molar-refractivity contribution in [3.8, 4) is 0 Å². The lowest BCUT2D eigenvalue weighted by Gasteiger charge is -2.49. The fourth-order valence-corrected chi connectivity index (χ4v) is 5.79. The molecule has 4 aliphatic rings. The second-order valence-corrected chi connectivity index (χ2v) is 11.9. The molecule has 47 heavy (non-hydrogen) atoms. The average molecular weight is 690 g/mol. The van der Waals surface area contributed by atoms with E-state index >= 15 is 0 Å². The molecule has 19 unspecified atom stereocenters. The minimum atomic E-state index is -2.16. The highest BCUT2D eigenvalue weighted by Crippen LogP contribution is 2.34. The number of carboxylic acid groups (broad SMARTS) is 1. The lowest BCUT2D eigenvalue weighted by Crippen LogP contribution is -2.70. The predicted molar refractivity (Wildman–Crippen MR) is 143 cm³/mol. The molecule has 0 bridgehead atoms. The van der Waals surface area contributed by atoms with E-state index in [2.05, 4.69) is 5.32 Å². The minimum absolute atomic E-state index is 0.764. The van der Waals surface area contributed by atoms with Crippen molar-refractivity contribution in [2.24, 2.45) is 0 Å². The van der Waals surface area contributed by atoms with Crippen LogP contribution in [0.3, 0.4) is 0 Å². The standard InChI is InChI=1S/C26H43NO20/c1-5-11(31)14(34)20(23(40)41-5)46-24-9(27-7(3)29)18(12(32)8(4-28)43-24)44-26-17(37)15(35)19(21(47-26)22(38)39)45-25-16(36)13(33)10(30)6(2)42-25/h5-6,8-21,23-26,28,30-37,40H,4H2,1-3H3,(H,27,29)(H,38,39)/t5?,6-,8?,9?,10?,11?,12?,13?,14?,15?,16?,17?,18?,19?,20?,21?,23?,24?,25?,26?/m0/s1. The summed E-state index contributed by atoms with van der Waals surface area (Å²) in [5, 5.41) is 117. The maximum Gasteiger partial charge on any atom is 0.335 e. The number of hydrogen-bond acceptors (Lipinski definition) is 19. The van der Waals surface area contributed by atoms with E-state index in [1.165, 1.54) is 13.8 Å². The van der Waals surface area contributed by atoms with Gasteiger partial charge in [-0.1, -0.05) is 0 Å². The molecule has 1 amide bonds. The van der Waals surface area contributed by atoms with Crippen molar-refractivity contribution in [3.05, 3.63) is 0 Å². The number of ether oxygens (including phenoxy) is 7. The van der Waals surface area contributed by atoms with Crippen LogP contribution in [-0.2, 0) is 42.7 Å². The zero-order chi connectivity index (χ0) is 35.1. The number of hydrogen-bond donors (Lipinski definition) is 12. The van der Waals surface area contributed by atoms with Gasteiger partial charge in [-0.05, 0) is 13.8 Å². The lowest BCUT2D eigenvalue weighted by molar-refractivity contribution is -0.375. The van der Waals surface area contributed by atoms with E-state index in [0.717, 1.165) is 6.92 Å². The number of nitrogens with one attached hydrogen (secondary N) is 1. The fourth-order valence-electron chi connectivity index (χ4n) is 5.79. The summed E-state index contributed by atoms with van der Waals surface area (Å²) in [5.74, 6) is -2.53. The highest BCUT2D eigenvalue weighted by atomic mass is 16.8. The summed E-state index contributed by atoms with van der Waals surface area (Å²) in [5.41, 5.74) is 0. The topological polar surface area (TPSA) is 333 Å². The van der Waals surface area contributed by atoms with Crippen LogP contribution >= 0.6 is 0 Å². The van der Waals surface area contributed by atoms with Crippen LogP contribution in [0.5, 0.6) is 0 Å². The van der Waals surface area contributed by atoms with Gasteiger partial charge in [-0.25, -0.2) is 4.79 Å². The van der Waals surface area contributed by atoms with E-state index in [0.29, 0.717) is 0 Å². The van der Waals surface area contributed by atoms with Crippen molar-refractivity contribution in [3.63, 3.8) is 0 Å². The first-order chi connectivity index (χ1) is 22.0. The molecular formula is C26H43NO20. The first-order valence-corrected chi connectivity index (χ1v) is 14.8. The number of amides is 1. The van der Waals surface area contributed by atoms with Crippen LogP contribution in [0.2, 0.25) is 0 Å². The largest absolute Gasteiger partial charge is 0.479 e. The summed E-state index contributed by atoms with van der Waals surface area (Å²) in [6.07, 6.45) is -33.4. The smallest absolute Gasteiger partial charge is 0.335 e. The van der Waals surface area contributed by atoms with Crippen LogP contribution in [-0.4, -0.2) is 197 Å². The Hall–Kier alpha value is -1.74. The van der Waals surface area contributed by atoms with Crippen molar-refractivity contribution in [1.82, 2.24) is 5.32 Å². The molecule has 4 aliphatic heterocycles. The highest BCUT2D eigenvalue weighted by molar-refractivity contribution is 5.74. The molecule has 0 aromatic heterocycles. The summed E-state index contributed by atoms with van der Waals surface area (Å²) < 4.78 is 38.2. The van der Waals surface area contributed by atoms with E-state index in [1.54, 1.807) is 0 Å². The Morgan fingerprint density at radius 3 is 1.72 bits per heavy atom. The molecule has 0 aromatic rings. The van der Waals surface area contributed by atoms with Crippen LogP contribution in [0.4, 0.5) is 0 Å². The van der Waals surface area contributed by atoms with Gasteiger partial charge in [0.15, 0.2) is 31.3 Å². The van der Waals surface area contributed by atoms with Crippen molar-refractivity contribution < 1.29 is 98.9 Å². The monoisotopic (exact) mass is 689 g/mol. The Balaban J connectivity index is 1.58. The first kappa shape index (κ1) is 38.1. The Labute approximate surface area is 266 Å². The van der Waals surface area contributed by atoms with Crippen molar-refractivity contribution in [1.29, 1.82) is 0 Å². The van der Waals surface area contributed by atoms with Crippen LogP contribution in [0, 0.1) is 0 Å². The number of aliphatic hydroxyl groups is 10. The number of aliphatic carboxylic acids is 1. The van der Waals surface area contributed by atoms with E-state index in [-0.39, 0.29) is 0 Å². The number of aliphatic hydroxyl groups excluding tert-OH is 10. The molecule has 0 saturated carbocycles. The third-order valence-corrected chi connectivity index (χ3v) is 8.50. The average Bonchev–Trinajstić information content (AvgIpc) is 3.01. The molecule has 4 saturated heterocycles. The van der Waals surface area contributed by atoms with Gasteiger partial charge < -0.3 is 94.6 Å². The zero-order valence-corrected chi connectivity index (χ0v) is 25.3. The highest BCUT2D eigenvalue weighted by Gasteiger charge is 2.56. The summed E-state index contributed by atoms with van der Waals surface area (Å²) >= 11 is 0. The van der Waals surface area contributed by atoms with Gasteiger partial charge in [0.25, 0.3) is 0 Å². The molecule has 0 aromatic carbocycles. The number of carbonyl (C=O) groups is 2. The predicted octanol–water partition coefficient (Wildman–Crippen LogP) is -7.46. The number of rotatable bonds is 9. The number of carbonyl (C=O) groups excluding carboxylic acids is 1. The summed E-state index contributed by atoms with van der Waals surface area (Å²) in [7, 11) is 0. The lowest BCUT2D eigenvalue weighted by atomic mass is 9.94. The van der Waals surface area contributed by atoms with Gasteiger partial charge in [0.1, 0.15) is 79.3 Å². The number of carboxylic acids is 1. The first-order valence-electron chi connectivity index (χ1n) is 14.8. The van der Waals surface area contributed by atoms with Gasteiger partial charge in [0, 0.05) is 6.92 Å². The molecule has 272 valence electrons. The Morgan fingerprint density at radius 1 is 0.617 bits per heavy atom. The molecule has 0 aliphatic carbocycles. The molecule has 20 atom stereocenters. The van der Waals surface area contributed by atoms with Crippen LogP contribution in [0.15, 0.2) is 0 Å². The van der Waals surface area contributed by atoms with Crippen LogP contribution in [0.25, 0.3) is 0 Å². The van der Waals surface area contributed by atoms with Gasteiger partial charge in [-0.3, -0.25) is 4.79 Å². The van der Waals surface area contributed by atoms with Gasteiger partial charge in [-0.2, -0.15) is 0 Å². The van der Waals surface area contributed by atoms with Gasteiger partial charge in [0.2, 0.25) is 5.91 Å². The SMILES string of the molecule is CC(=O)NC1C(OC2C(O)OC(C)C(O)C2O)OC(CO)C(O)C1OC1OC(C(=O)O)C(OC2O[C@@H](C)C(O)C(O)C2O)C(O)C1O. The molecule has 0 radical (unpaired) electrons. The Kier molecular flexibility index (Phi) is 12.5. The van der Waals surface area contributed by atoms with Gasteiger partial charge >= 0.3 is 5.97 Å². The normalized spacial score (nSPS) is 50.9. The molecule has 12 N–H and O–H groups in total. The molecular weight excluding hydrogens is 646 g/mol. The molecule has 0 spiro atoms. The van der Waals surface area contributed by atoms with E-state index in [4.69, 9.17) is 33.2 Å². The summed E-state index contributed by atoms with van der Waals surface area (Å²) in [6.45, 7) is 2.85. The third kappa shape index (κ3) is 7.86. The van der Waals surface area contributed by atoms with E-state index in [9.17, 15) is 65.8 Å². The molecule has 21 heteroatoms. The minimum Gasteiger partial charge on any atom is -0.479 e. The van der Waals surface area contributed by atoms with Gasteiger partial charge in [-0.15, -0.1) is 0 Å². The van der Waals surface area contributed by atoms with Crippen molar-refractivity contribution in [2.75, 3.05) is 6.61 Å². The maximum atomic E-state index is 12.2. The van der Waals surface area contributed by atoms with Crippen molar-refractivity contribution >= 4 is 11.9 Å². The quantitative estimate of drug-likeness (QED) is 0.107. The molecule has 21 nitrogen and oxygen atoms in total. The third-order valence-electron chi connectivity index (χ3n) is 8.50.